The van der Waals surface area contributed by atoms with Crippen LogP contribution in [0.15, 0.2) is 66.1 Å². The molecule has 2 N–H and O–H groups in total. The van der Waals surface area contributed by atoms with Crippen LogP contribution in [-0.2, 0) is 17.1 Å². The highest BCUT2D eigenvalue weighted by atomic mass is 16.6. The lowest BCUT2D eigenvalue weighted by Crippen LogP contribution is -2.47. The Morgan fingerprint density at radius 3 is 2.41 bits per heavy atom. The maximum Gasteiger partial charge on any atom is 0.357 e. The fourth-order valence-electron chi connectivity index (χ4n) is 3.95. The van der Waals surface area contributed by atoms with E-state index in [1.54, 1.807) is 4.90 Å². The number of nitro groups is 1. The summed E-state index contributed by atoms with van der Waals surface area (Å²) in [6.07, 6.45) is 0. The van der Waals surface area contributed by atoms with Gasteiger partial charge >= 0.3 is 11.7 Å². The zero-order chi connectivity index (χ0) is 20.8. The molecule has 2 heterocycles. The van der Waals surface area contributed by atoms with Crippen molar-refractivity contribution < 1.29 is 24.7 Å². The molecule has 1 fully saturated rings. The number of carboxylic acids is 1. The summed E-state index contributed by atoms with van der Waals surface area (Å²) in [5.41, 5.74) is -2.76. The molecule has 2 aromatic carbocycles. The van der Waals surface area contributed by atoms with Gasteiger partial charge in [-0.1, -0.05) is 48.5 Å². The first kappa shape index (κ1) is 18.6. The van der Waals surface area contributed by atoms with Crippen molar-refractivity contribution in [1.29, 1.82) is 0 Å². The van der Waals surface area contributed by atoms with Crippen molar-refractivity contribution in [3.63, 3.8) is 0 Å². The van der Waals surface area contributed by atoms with Crippen LogP contribution >= 0.6 is 0 Å². The summed E-state index contributed by atoms with van der Waals surface area (Å²) in [7, 11) is 0. The van der Waals surface area contributed by atoms with Gasteiger partial charge in [-0.3, -0.25) is 14.9 Å². The summed E-state index contributed by atoms with van der Waals surface area (Å²) >= 11 is 0. The maximum absolute atomic E-state index is 13.0. The van der Waals surface area contributed by atoms with E-state index in [2.05, 4.69) is 0 Å². The molecule has 1 unspecified atom stereocenters. The summed E-state index contributed by atoms with van der Waals surface area (Å²) < 4.78 is 0. The maximum atomic E-state index is 13.0. The van der Waals surface area contributed by atoms with Crippen LogP contribution in [0.5, 0.6) is 0 Å². The van der Waals surface area contributed by atoms with Crippen LogP contribution in [0.4, 0.5) is 0 Å². The van der Waals surface area contributed by atoms with Crippen LogP contribution in [-0.4, -0.2) is 49.8 Å². The molecule has 0 bridgehead atoms. The van der Waals surface area contributed by atoms with E-state index < -0.39 is 28.1 Å². The zero-order valence-corrected chi connectivity index (χ0v) is 15.2. The number of benzene rings is 2. The average Bonchev–Trinajstić information content (AvgIpc) is 3.20. The number of fused-ring (bicyclic) bond motifs is 1. The van der Waals surface area contributed by atoms with Crippen molar-refractivity contribution in [1.82, 2.24) is 9.80 Å². The number of hydrogen-bond donors (Lipinski definition) is 2. The molecule has 0 aromatic heterocycles. The summed E-state index contributed by atoms with van der Waals surface area (Å²) in [5, 5.41) is 32.6. The number of nitrogens with zero attached hydrogens (tertiary/aromatic N) is 3. The quantitative estimate of drug-likeness (QED) is 0.575. The van der Waals surface area contributed by atoms with E-state index in [9.17, 15) is 29.9 Å². The molecular weight excluding hydrogens is 378 g/mol. The van der Waals surface area contributed by atoms with Crippen molar-refractivity contribution >= 4 is 11.8 Å². The van der Waals surface area contributed by atoms with Gasteiger partial charge in [-0.15, -0.1) is 0 Å². The van der Waals surface area contributed by atoms with Crippen LogP contribution in [0.2, 0.25) is 0 Å². The number of rotatable bonds is 5. The highest BCUT2D eigenvalue weighted by molar-refractivity contribution is 6.05. The van der Waals surface area contributed by atoms with Crippen LogP contribution in [0.1, 0.15) is 21.5 Å². The second-order valence-electron chi connectivity index (χ2n) is 6.84. The number of carbonyl (C=O) groups excluding carboxylic acids is 1. The predicted octanol–water partition coefficient (Wildman–Crippen LogP) is 1.38. The molecule has 29 heavy (non-hydrogen) atoms. The first-order chi connectivity index (χ1) is 13.9. The molecule has 0 spiro atoms. The number of hydrogen-bond acceptors (Lipinski definition) is 7. The molecule has 4 rings (SSSR count). The van der Waals surface area contributed by atoms with E-state index in [-0.39, 0.29) is 23.5 Å². The fraction of sp³-hybridized carbons (Fsp3) is 0.200. The highest BCUT2D eigenvalue weighted by Crippen LogP contribution is 2.45. The summed E-state index contributed by atoms with van der Waals surface area (Å²) in [5.74, 6) is -2.46. The van der Waals surface area contributed by atoms with E-state index in [0.29, 0.717) is 13.1 Å². The van der Waals surface area contributed by atoms with E-state index in [1.807, 2.05) is 30.3 Å². The standard InChI is InChI=1S/C20H17N3O6/c24-17-16(23(28)29)18-21(12-13-6-2-1-3-7-13)10-11-22(18)20(17,27)15-9-5-4-8-14(15)19(25)26/h1-9,27H,10-12H2,(H,25,26). The molecule has 0 saturated carbocycles. The van der Waals surface area contributed by atoms with E-state index >= 15 is 0 Å². The largest absolute Gasteiger partial charge is 0.478 e. The zero-order valence-electron chi connectivity index (χ0n) is 15.2. The van der Waals surface area contributed by atoms with Crippen LogP contribution in [0.3, 0.4) is 0 Å². The Kier molecular flexibility index (Phi) is 4.31. The lowest BCUT2D eigenvalue weighted by molar-refractivity contribution is -0.420. The van der Waals surface area contributed by atoms with Crippen LogP contribution in [0, 0.1) is 10.1 Å². The summed E-state index contributed by atoms with van der Waals surface area (Å²) in [4.78, 5) is 38.5. The third-order valence-corrected chi connectivity index (χ3v) is 5.21. The Labute approximate surface area is 165 Å². The van der Waals surface area contributed by atoms with Crippen molar-refractivity contribution in [2.75, 3.05) is 13.1 Å². The van der Waals surface area contributed by atoms with Gasteiger partial charge in [0.25, 0.3) is 5.78 Å². The highest BCUT2D eigenvalue weighted by Gasteiger charge is 2.62. The van der Waals surface area contributed by atoms with Crippen LogP contribution < -0.4 is 0 Å². The molecule has 9 nitrogen and oxygen atoms in total. The number of carboxylic acid groups (broad SMARTS) is 1. The second kappa shape index (κ2) is 6.71. The predicted molar refractivity (Wildman–Crippen MR) is 99.9 cm³/mol. The van der Waals surface area contributed by atoms with E-state index in [4.69, 9.17) is 0 Å². The van der Waals surface area contributed by atoms with Gasteiger partial charge in [-0.2, -0.15) is 0 Å². The van der Waals surface area contributed by atoms with Crippen molar-refractivity contribution in [3.8, 4) is 0 Å². The molecule has 2 aliphatic heterocycles. The number of carbonyl (C=O) groups is 2. The average molecular weight is 395 g/mol. The minimum atomic E-state index is -2.45. The minimum Gasteiger partial charge on any atom is -0.478 e. The number of Topliss-reactive ketones (excluding diaryl/α,β-unsaturated/α-hetero) is 1. The molecule has 1 atom stereocenters. The Morgan fingerprint density at radius 1 is 1.10 bits per heavy atom. The molecule has 1 saturated heterocycles. The molecule has 0 aliphatic carbocycles. The van der Waals surface area contributed by atoms with Crippen molar-refractivity contribution in [2.24, 2.45) is 0 Å². The van der Waals surface area contributed by atoms with Gasteiger partial charge in [0.15, 0.2) is 5.82 Å². The SMILES string of the molecule is O=C(O)c1ccccc1C1(O)C(=O)C([N+](=O)[O-])=C2N(Cc3ccccc3)CCN21. The summed E-state index contributed by atoms with van der Waals surface area (Å²) in [6, 6.07) is 14.7. The first-order valence-electron chi connectivity index (χ1n) is 8.91. The van der Waals surface area contributed by atoms with Gasteiger partial charge in [0, 0.05) is 25.2 Å². The van der Waals surface area contributed by atoms with E-state index in [0.717, 1.165) is 5.56 Å². The molecular formula is C20H17N3O6. The molecule has 2 aliphatic rings. The smallest absolute Gasteiger partial charge is 0.357 e. The third-order valence-electron chi connectivity index (χ3n) is 5.21. The third kappa shape index (κ3) is 2.74. The molecule has 9 heteroatoms. The van der Waals surface area contributed by atoms with Gasteiger partial charge < -0.3 is 20.0 Å². The number of aromatic carboxylic acids is 1. The molecule has 0 radical (unpaired) electrons. The van der Waals surface area contributed by atoms with Gasteiger partial charge in [0.05, 0.1) is 10.5 Å². The Balaban J connectivity index is 1.82. The van der Waals surface area contributed by atoms with Gasteiger partial charge in [-0.25, -0.2) is 4.79 Å². The van der Waals surface area contributed by atoms with E-state index in [1.165, 1.54) is 29.2 Å². The second-order valence-corrected chi connectivity index (χ2v) is 6.84. The minimum absolute atomic E-state index is 0.00606. The lowest BCUT2D eigenvalue weighted by Gasteiger charge is -2.32. The number of ketones is 1. The number of aliphatic hydroxyl groups is 1. The molecule has 2 aromatic rings. The normalized spacial score (nSPS) is 20.9. The monoisotopic (exact) mass is 395 g/mol. The van der Waals surface area contributed by atoms with Gasteiger partial charge in [-0.05, 0) is 11.6 Å². The van der Waals surface area contributed by atoms with Crippen molar-refractivity contribution in [3.05, 3.63) is 92.9 Å². The van der Waals surface area contributed by atoms with Crippen molar-refractivity contribution in [2.45, 2.75) is 12.3 Å². The Bertz CT molecular complexity index is 1050. The van der Waals surface area contributed by atoms with Crippen LogP contribution in [0.25, 0.3) is 0 Å². The van der Waals surface area contributed by atoms with Gasteiger partial charge in [0.2, 0.25) is 5.72 Å². The molecule has 0 amide bonds. The Hall–Kier alpha value is -3.72. The summed E-state index contributed by atoms with van der Waals surface area (Å²) in [6.45, 7) is 0.788. The van der Waals surface area contributed by atoms with Gasteiger partial charge in [0.1, 0.15) is 0 Å². The fourth-order valence-corrected chi connectivity index (χ4v) is 3.95. The lowest BCUT2D eigenvalue weighted by atomic mass is 9.93. The topological polar surface area (TPSA) is 124 Å². The molecule has 148 valence electrons. The Morgan fingerprint density at radius 2 is 1.76 bits per heavy atom. The first-order valence-corrected chi connectivity index (χ1v) is 8.91.